The first kappa shape index (κ1) is 18.3. The van der Waals surface area contributed by atoms with Crippen molar-refractivity contribution in [1.82, 2.24) is 0 Å². The number of allylic oxidation sites excluding steroid dienone is 2. The van der Waals surface area contributed by atoms with Crippen molar-refractivity contribution in [1.29, 1.82) is 0 Å². The van der Waals surface area contributed by atoms with E-state index in [9.17, 15) is 19.8 Å². The van der Waals surface area contributed by atoms with Crippen molar-refractivity contribution >= 4 is 11.9 Å². The molecule has 0 radical (unpaired) electrons. The number of carboxylic acid groups (broad SMARTS) is 2. The van der Waals surface area contributed by atoms with Crippen LogP contribution in [0.2, 0.25) is 0 Å². The first-order chi connectivity index (χ1) is 8.61. The first-order valence-electron chi connectivity index (χ1n) is 6.42. The molecule has 0 aromatic heterocycles. The van der Waals surface area contributed by atoms with E-state index in [1.807, 2.05) is 0 Å². The van der Waals surface area contributed by atoms with Gasteiger partial charge in [0.05, 0.1) is 11.9 Å². The van der Waals surface area contributed by atoms with Crippen LogP contribution in [0.3, 0.4) is 0 Å². The first-order valence-corrected chi connectivity index (χ1v) is 6.42. The second-order valence-corrected chi connectivity index (χ2v) is 4.53. The molecular formula is C14H18CdO4. The zero-order valence-electron chi connectivity index (χ0n) is 11.2. The van der Waals surface area contributed by atoms with Crippen LogP contribution in [0, 0.1) is 0 Å². The molecule has 0 bridgehead atoms. The van der Waals surface area contributed by atoms with Gasteiger partial charge in [-0.3, -0.25) is 0 Å². The van der Waals surface area contributed by atoms with Crippen LogP contribution in [-0.4, -0.2) is 11.9 Å². The van der Waals surface area contributed by atoms with E-state index >= 15 is 0 Å². The summed E-state index contributed by atoms with van der Waals surface area (Å²) in [6, 6.07) is 0. The average molecular weight is 363 g/mol. The van der Waals surface area contributed by atoms with Crippen LogP contribution in [0.25, 0.3) is 0 Å². The van der Waals surface area contributed by atoms with Crippen LogP contribution in [0.4, 0.5) is 0 Å². The number of carboxylic acids is 2. The molecule has 2 aliphatic carbocycles. The van der Waals surface area contributed by atoms with Crippen molar-refractivity contribution in [3.05, 3.63) is 23.3 Å². The fraction of sp³-hybridized carbons (Fsp3) is 0.571. The Morgan fingerprint density at radius 1 is 0.789 bits per heavy atom. The average Bonchev–Trinajstić information content (AvgIpc) is 2.41. The molecule has 0 spiro atoms. The summed E-state index contributed by atoms with van der Waals surface area (Å²) in [7, 11) is 0. The molecule has 4 nitrogen and oxygen atoms in total. The van der Waals surface area contributed by atoms with Crippen molar-refractivity contribution in [3.8, 4) is 0 Å². The standard InChI is InChI=1S/2C7H10O2.Cd/c2*8-7(9)6-4-2-1-3-5-6;/h2*4H,1-3,5H2,(H,8,9);/q;;+2/p-2. The van der Waals surface area contributed by atoms with E-state index in [1.165, 1.54) is 0 Å². The fourth-order valence-corrected chi connectivity index (χ4v) is 2.05. The number of carbonyl (C=O) groups excluding carboxylic acids is 2. The summed E-state index contributed by atoms with van der Waals surface area (Å²) >= 11 is 0. The molecule has 0 heterocycles. The minimum atomic E-state index is -0.991. The van der Waals surface area contributed by atoms with E-state index in [-0.39, 0.29) is 27.3 Å². The van der Waals surface area contributed by atoms with E-state index in [0.29, 0.717) is 24.0 Å². The molecule has 2 aliphatic rings. The molecule has 0 unspecified atom stereocenters. The smallest absolute Gasteiger partial charge is 0.545 e. The molecule has 0 aromatic carbocycles. The Kier molecular flexibility index (Phi) is 9.82. The molecular weight excluding hydrogens is 345 g/mol. The van der Waals surface area contributed by atoms with Gasteiger partial charge in [-0.1, -0.05) is 12.2 Å². The Morgan fingerprint density at radius 3 is 1.32 bits per heavy atom. The minimum absolute atomic E-state index is 0. The van der Waals surface area contributed by atoms with Gasteiger partial charge in [0.25, 0.3) is 0 Å². The summed E-state index contributed by atoms with van der Waals surface area (Å²) in [5, 5.41) is 20.3. The molecule has 0 atom stereocenters. The van der Waals surface area contributed by atoms with E-state index in [0.717, 1.165) is 38.5 Å². The normalized spacial score (nSPS) is 17.9. The number of hydrogen-bond donors (Lipinski definition) is 0. The predicted octanol–water partition coefficient (Wildman–Crippen LogP) is 0.471. The third kappa shape index (κ3) is 7.49. The van der Waals surface area contributed by atoms with Gasteiger partial charge in [0, 0.05) is 0 Å². The van der Waals surface area contributed by atoms with E-state index < -0.39 is 11.9 Å². The molecule has 0 aliphatic heterocycles. The Morgan fingerprint density at radius 2 is 1.16 bits per heavy atom. The van der Waals surface area contributed by atoms with Gasteiger partial charge in [-0.25, -0.2) is 0 Å². The van der Waals surface area contributed by atoms with Crippen molar-refractivity contribution < 1.29 is 47.1 Å². The Hall–Kier alpha value is -0.658. The van der Waals surface area contributed by atoms with Crippen LogP contribution in [0.1, 0.15) is 51.4 Å². The predicted molar refractivity (Wildman–Crippen MR) is 63.1 cm³/mol. The monoisotopic (exact) mass is 364 g/mol. The fourth-order valence-electron chi connectivity index (χ4n) is 2.05. The molecule has 5 heteroatoms. The Bertz CT molecular complexity index is 336. The summed E-state index contributed by atoms with van der Waals surface area (Å²) in [5.41, 5.74) is 0.975. The minimum Gasteiger partial charge on any atom is -0.545 e. The van der Waals surface area contributed by atoms with Gasteiger partial charge in [-0.15, -0.1) is 0 Å². The van der Waals surface area contributed by atoms with Crippen LogP contribution in [0.15, 0.2) is 23.3 Å². The molecule has 2 rings (SSSR count). The van der Waals surface area contributed by atoms with Crippen LogP contribution in [-0.2, 0) is 36.9 Å². The second kappa shape index (κ2) is 10.2. The summed E-state index contributed by atoms with van der Waals surface area (Å²) in [5.74, 6) is -1.98. The second-order valence-electron chi connectivity index (χ2n) is 4.53. The van der Waals surface area contributed by atoms with Crippen LogP contribution < -0.4 is 10.2 Å². The number of rotatable bonds is 2. The summed E-state index contributed by atoms with van der Waals surface area (Å²) in [4.78, 5) is 20.3. The molecule has 100 valence electrons. The van der Waals surface area contributed by atoms with E-state index in [4.69, 9.17) is 0 Å². The summed E-state index contributed by atoms with van der Waals surface area (Å²) in [6.45, 7) is 0. The summed E-state index contributed by atoms with van der Waals surface area (Å²) in [6.07, 6.45) is 11.0. The quantitative estimate of drug-likeness (QED) is 0.669. The van der Waals surface area contributed by atoms with Gasteiger partial charge in [-0.05, 0) is 62.5 Å². The largest absolute Gasteiger partial charge is 2.00 e. The van der Waals surface area contributed by atoms with Gasteiger partial charge in [0.1, 0.15) is 0 Å². The van der Waals surface area contributed by atoms with Gasteiger partial charge in [-0.2, -0.15) is 0 Å². The zero-order chi connectivity index (χ0) is 13.4. The molecule has 0 fully saturated rings. The van der Waals surface area contributed by atoms with Gasteiger partial charge >= 0.3 is 27.3 Å². The SMILES string of the molecule is O=C([O-])C1=CCCCC1.O=C([O-])C1=CCCCC1.[Cd+2]. The Labute approximate surface area is 133 Å². The zero-order valence-corrected chi connectivity index (χ0v) is 15.2. The summed E-state index contributed by atoms with van der Waals surface area (Å²) < 4.78 is 0. The van der Waals surface area contributed by atoms with Gasteiger partial charge in [0.2, 0.25) is 0 Å². The maximum absolute atomic E-state index is 10.2. The third-order valence-electron chi connectivity index (χ3n) is 3.11. The molecule has 0 N–H and O–H groups in total. The molecule has 0 saturated carbocycles. The molecule has 0 saturated heterocycles. The third-order valence-corrected chi connectivity index (χ3v) is 3.11. The molecule has 0 amide bonds. The van der Waals surface area contributed by atoms with Crippen molar-refractivity contribution in [2.24, 2.45) is 0 Å². The maximum Gasteiger partial charge on any atom is 2.00 e. The van der Waals surface area contributed by atoms with Crippen molar-refractivity contribution in [2.45, 2.75) is 51.4 Å². The number of hydrogen-bond acceptors (Lipinski definition) is 4. The van der Waals surface area contributed by atoms with Gasteiger partial charge in [0.15, 0.2) is 0 Å². The maximum atomic E-state index is 10.2. The number of aliphatic carboxylic acids is 2. The number of carbonyl (C=O) groups is 2. The molecule has 0 aromatic rings. The Balaban J connectivity index is 0.000000324. The molecule has 19 heavy (non-hydrogen) atoms. The van der Waals surface area contributed by atoms with E-state index in [1.54, 1.807) is 12.2 Å². The van der Waals surface area contributed by atoms with Gasteiger partial charge < -0.3 is 19.8 Å². The van der Waals surface area contributed by atoms with Crippen molar-refractivity contribution in [3.63, 3.8) is 0 Å². The van der Waals surface area contributed by atoms with Crippen molar-refractivity contribution in [2.75, 3.05) is 0 Å². The van der Waals surface area contributed by atoms with Crippen LogP contribution in [0.5, 0.6) is 0 Å². The topological polar surface area (TPSA) is 80.3 Å². The van der Waals surface area contributed by atoms with Crippen LogP contribution >= 0.6 is 0 Å². The van der Waals surface area contributed by atoms with E-state index in [2.05, 4.69) is 0 Å².